The zero-order valence-corrected chi connectivity index (χ0v) is 19.7. The predicted octanol–water partition coefficient (Wildman–Crippen LogP) is 3.67. The first kappa shape index (κ1) is 21.7. The largest absolute Gasteiger partial charge is 0.361 e. The van der Waals surface area contributed by atoms with Crippen molar-refractivity contribution in [1.29, 1.82) is 0 Å². The number of benzene rings is 2. The lowest BCUT2D eigenvalue weighted by Gasteiger charge is -2.38. The number of rotatable bonds is 5. The highest BCUT2D eigenvalue weighted by Crippen LogP contribution is 2.37. The first-order valence-electron chi connectivity index (χ1n) is 11.3. The molecule has 0 radical (unpaired) electrons. The zero-order chi connectivity index (χ0) is 23.2. The molecule has 2 aliphatic heterocycles. The highest BCUT2D eigenvalue weighted by atomic mass is 32.2. The van der Waals surface area contributed by atoms with Crippen molar-refractivity contribution >= 4 is 21.4 Å². The molecule has 1 amide bonds. The second-order valence-corrected chi connectivity index (χ2v) is 11.1. The van der Waals surface area contributed by atoms with Crippen LogP contribution in [0.2, 0.25) is 0 Å². The van der Waals surface area contributed by atoms with Crippen LogP contribution in [-0.4, -0.2) is 47.1 Å². The molecule has 7 nitrogen and oxygen atoms in total. The van der Waals surface area contributed by atoms with Gasteiger partial charge in [-0.3, -0.25) is 9.48 Å². The number of carbonyl (C=O) groups is 1. The highest BCUT2D eigenvalue weighted by molar-refractivity contribution is 7.91. The molecule has 33 heavy (non-hydrogen) atoms. The smallest absolute Gasteiger partial charge is 0.257 e. The molecule has 3 heterocycles. The Morgan fingerprint density at radius 2 is 1.79 bits per heavy atom. The maximum atomic E-state index is 13.6. The van der Waals surface area contributed by atoms with Gasteiger partial charge < -0.3 is 10.2 Å². The molecule has 0 bridgehead atoms. The van der Waals surface area contributed by atoms with Crippen molar-refractivity contribution in [2.75, 3.05) is 23.4 Å². The second kappa shape index (κ2) is 8.33. The third kappa shape index (κ3) is 4.04. The van der Waals surface area contributed by atoms with Crippen LogP contribution in [0.4, 0.5) is 5.69 Å². The van der Waals surface area contributed by atoms with E-state index >= 15 is 0 Å². The summed E-state index contributed by atoms with van der Waals surface area (Å²) in [4.78, 5) is 15.4. The Kier molecular flexibility index (Phi) is 5.48. The molecular formula is C25H28N4O3S. The molecule has 1 aromatic heterocycles. The molecule has 172 valence electrons. The summed E-state index contributed by atoms with van der Waals surface area (Å²) in [5, 5.41) is 8.31. The van der Waals surface area contributed by atoms with Gasteiger partial charge >= 0.3 is 0 Å². The molecule has 1 fully saturated rings. The van der Waals surface area contributed by atoms with Gasteiger partial charge in [0.1, 0.15) is 6.17 Å². The minimum Gasteiger partial charge on any atom is -0.361 e. The van der Waals surface area contributed by atoms with Crippen LogP contribution in [0.15, 0.2) is 54.6 Å². The van der Waals surface area contributed by atoms with Crippen molar-refractivity contribution in [2.45, 2.75) is 38.9 Å². The van der Waals surface area contributed by atoms with E-state index in [1.807, 2.05) is 65.9 Å². The normalized spacial score (nSPS) is 21.6. The average Bonchev–Trinajstić information content (AvgIpc) is 3.31. The summed E-state index contributed by atoms with van der Waals surface area (Å²) in [7, 11) is -3.03. The maximum Gasteiger partial charge on any atom is 0.257 e. The van der Waals surface area contributed by atoms with Gasteiger partial charge in [0.25, 0.3) is 5.91 Å². The Morgan fingerprint density at radius 1 is 1.06 bits per heavy atom. The number of nitrogens with one attached hydrogen (secondary N) is 1. The SMILES string of the molecule is Cc1nn(C2CCS(=O)(=O)C2)c(C)c1C1Nc2ccccc2C(=O)N1CCc1ccccc1. The summed E-state index contributed by atoms with van der Waals surface area (Å²) < 4.78 is 26.0. The Labute approximate surface area is 194 Å². The Balaban J connectivity index is 1.52. The van der Waals surface area contributed by atoms with Crippen LogP contribution >= 0.6 is 0 Å². The molecule has 2 unspecified atom stereocenters. The number of hydrogen-bond acceptors (Lipinski definition) is 5. The molecule has 1 N–H and O–H groups in total. The van der Waals surface area contributed by atoms with Crippen LogP contribution in [0, 0.1) is 13.8 Å². The van der Waals surface area contributed by atoms with Crippen LogP contribution in [-0.2, 0) is 16.3 Å². The summed E-state index contributed by atoms with van der Waals surface area (Å²) in [5.74, 6) is 0.300. The van der Waals surface area contributed by atoms with Crippen molar-refractivity contribution in [3.8, 4) is 0 Å². The fourth-order valence-corrected chi connectivity index (χ4v) is 6.73. The van der Waals surface area contributed by atoms with Gasteiger partial charge in [0, 0.05) is 23.5 Å². The molecule has 0 aliphatic carbocycles. The molecule has 2 aromatic carbocycles. The first-order chi connectivity index (χ1) is 15.8. The maximum absolute atomic E-state index is 13.6. The minimum atomic E-state index is -3.03. The van der Waals surface area contributed by atoms with E-state index in [9.17, 15) is 13.2 Å². The standard InChI is InChI=1S/C25H28N4O3S/c1-17-23(18(2)29(27-17)20-13-15-33(31,32)16-20)24-26-22-11-7-6-10-21(22)25(30)28(24)14-12-19-8-4-3-5-9-19/h3-11,20,24,26H,12-16H2,1-2H3. The quantitative estimate of drug-likeness (QED) is 0.623. The highest BCUT2D eigenvalue weighted by Gasteiger charge is 2.37. The van der Waals surface area contributed by atoms with E-state index in [2.05, 4.69) is 17.4 Å². The third-order valence-electron chi connectivity index (χ3n) is 6.72. The average molecular weight is 465 g/mol. The molecule has 0 spiro atoms. The van der Waals surface area contributed by atoms with Gasteiger partial charge in [-0.15, -0.1) is 0 Å². The number of aromatic nitrogens is 2. The molecule has 1 saturated heterocycles. The molecule has 3 aromatic rings. The Bertz CT molecular complexity index is 1300. The fraction of sp³-hybridized carbons (Fsp3) is 0.360. The number of carbonyl (C=O) groups excluding carboxylic acids is 1. The minimum absolute atomic E-state index is 0.0136. The predicted molar refractivity (Wildman–Crippen MR) is 128 cm³/mol. The van der Waals surface area contributed by atoms with Gasteiger partial charge in [0.05, 0.1) is 28.8 Å². The van der Waals surface area contributed by atoms with E-state index in [0.717, 1.165) is 29.1 Å². The summed E-state index contributed by atoms with van der Waals surface area (Å²) >= 11 is 0. The van der Waals surface area contributed by atoms with Gasteiger partial charge in [0.2, 0.25) is 0 Å². The van der Waals surface area contributed by atoms with Crippen LogP contribution in [0.25, 0.3) is 0 Å². The first-order valence-corrected chi connectivity index (χ1v) is 13.1. The zero-order valence-electron chi connectivity index (χ0n) is 18.9. The van der Waals surface area contributed by atoms with Crippen LogP contribution < -0.4 is 5.32 Å². The molecule has 8 heteroatoms. The number of aryl methyl sites for hydroxylation is 1. The molecule has 2 aliphatic rings. The third-order valence-corrected chi connectivity index (χ3v) is 8.47. The topological polar surface area (TPSA) is 84.3 Å². The molecule has 2 atom stereocenters. The van der Waals surface area contributed by atoms with E-state index in [1.165, 1.54) is 5.56 Å². The summed E-state index contributed by atoms with van der Waals surface area (Å²) in [6, 6.07) is 17.5. The van der Waals surface area contributed by atoms with Crippen molar-refractivity contribution in [3.05, 3.63) is 82.7 Å². The lowest BCUT2D eigenvalue weighted by molar-refractivity contribution is 0.0684. The summed E-state index contributed by atoms with van der Waals surface area (Å²) in [6.45, 7) is 4.46. The summed E-state index contributed by atoms with van der Waals surface area (Å²) in [5.41, 5.74) is 5.29. The lowest BCUT2D eigenvalue weighted by Crippen LogP contribution is -2.44. The monoisotopic (exact) mass is 464 g/mol. The number of fused-ring (bicyclic) bond motifs is 1. The van der Waals surface area contributed by atoms with E-state index in [0.29, 0.717) is 18.5 Å². The molecular weight excluding hydrogens is 436 g/mol. The number of nitrogens with zero attached hydrogens (tertiary/aromatic N) is 3. The van der Waals surface area contributed by atoms with Crippen LogP contribution in [0.5, 0.6) is 0 Å². The number of anilines is 1. The number of para-hydroxylation sites is 1. The van der Waals surface area contributed by atoms with Crippen molar-refractivity contribution in [3.63, 3.8) is 0 Å². The van der Waals surface area contributed by atoms with E-state index < -0.39 is 9.84 Å². The molecule has 5 rings (SSSR count). The summed E-state index contributed by atoms with van der Waals surface area (Å²) in [6.07, 6.45) is 0.935. The second-order valence-electron chi connectivity index (χ2n) is 8.91. The van der Waals surface area contributed by atoms with Gasteiger partial charge in [-0.1, -0.05) is 42.5 Å². The number of amides is 1. The fourth-order valence-electron chi connectivity index (χ4n) is 5.04. The Morgan fingerprint density at radius 3 is 2.52 bits per heavy atom. The van der Waals surface area contributed by atoms with Crippen molar-refractivity contribution in [1.82, 2.24) is 14.7 Å². The van der Waals surface area contributed by atoms with Crippen molar-refractivity contribution < 1.29 is 13.2 Å². The van der Waals surface area contributed by atoms with E-state index in [1.54, 1.807) is 0 Å². The van der Waals surface area contributed by atoms with Gasteiger partial charge in [-0.2, -0.15) is 5.10 Å². The number of sulfone groups is 1. The Hall–Kier alpha value is -3.13. The number of hydrogen-bond donors (Lipinski definition) is 1. The van der Waals surface area contributed by atoms with Gasteiger partial charge in [-0.25, -0.2) is 8.42 Å². The lowest BCUT2D eigenvalue weighted by atomic mass is 10.0. The van der Waals surface area contributed by atoms with Gasteiger partial charge in [0.15, 0.2) is 9.84 Å². The van der Waals surface area contributed by atoms with E-state index in [-0.39, 0.29) is 29.6 Å². The molecule has 0 saturated carbocycles. The van der Waals surface area contributed by atoms with Gasteiger partial charge in [-0.05, 0) is 44.4 Å². The van der Waals surface area contributed by atoms with Crippen molar-refractivity contribution in [2.24, 2.45) is 0 Å². The van der Waals surface area contributed by atoms with E-state index in [4.69, 9.17) is 5.10 Å². The van der Waals surface area contributed by atoms with Crippen LogP contribution in [0.1, 0.15) is 51.5 Å². The van der Waals surface area contributed by atoms with Crippen LogP contribution in [0.3, 0.4) is 0 Å².